The molecule has 0 saturated carbocycles. The first kappa shape index (κ1) is 24.0. The van der Waals surface area contributed by atoms with Gasteiger partial charge < -0.3 is 24.9 Å². The Bertz CT molecular complexity index is 748. The first-order valence-corrected chi connectivity index (χ1v) is 9.33. The maximum atomic E-state index is 12.0. The highest BCUT2D eigenvalue weighted by Crippen LogP contribution is 2.15. The van der Waals surface area contributed by atoms with Crippen molar-refractivity contribution >= 4 is 35.8 Å². The van der Waals surface area contributed by atoms with Crippen molar-refractivity contribution in [1.29, 1.82) is 0 Å². The second-order valence-electron chi connectivity index (χ2n) is 6.13. The third-order valence-corrected chi connectivity index (χ3v) is 4.26. The summed E-state index contributed by atoms with van der Waals surface area (Å²) < 4.78 is 10.6. The van der Waals surface area contributed by atoms with E-state index in [1.54, 1.807) is 13.1 Å². The number of aryl methyl sites for hydroxylation is 3. The summed E-state index contributed by atoms with van der Waals surface area (Å²) in [7, 11) is 1.73. The average Bonchev–Trinajstić information content (AvgIpc) is 3.29. The number of nitrogens with zero attached hydrogens (tertiary/aromatic N) is 2. The number of hydrogen-bond acceptors (Lipinski definition) is 5. The van der Waals surface area contributed by atoms with Crippen molar-refractivity contribution in [3.8, 4) is 0 Å². The van der Waals surface area contributed by atoms with E-state index in [1.807, 2.05) is 6.92 Å². The second-order valence-corrected chi connectivity index (χ2v) is 6.13. The smallest absolute Gasteiger partial charge is 0.287 e. The van der Waals surface area contributed by atoms with Crippen LogP contribution in [0.3, 0.4) is 0 Å². The van der Waals surface area contributed by atoms with Crippen LogP contribution in [-0.2, 0) is 19.4 Å². The van der Waals surface area contributed by atoms with E-state index in [9.17, 15) is 4.79 Å². The van der Waals surface area contributed by atoms with E-state index < -0.39 is 0 Å². The van der Waals surface area contributed by atoms with Crippen LogP contribution < -0.4 is 16.0 Å². The van der Waals surface area contributed by atoms with Crippen molar-refractivity contribution in [3.63, 3.8) is 0 Å². The van der Waals surface area contributed by atoms with Crippen LogP contribution in [0.15, 0.2) is 26.3 Å². The van der Waals surface area contributed by atoms with E-state index in [0.29, 0.717) is 31.4 Å². The zero-order chi connectivity index (χ0) is 19.6. The molecule has 1 amide bonds. The van der Waals surface area contributed by atoms with Crippen LogP contribution >= 0.6 is 24.0 Å². The predicted octanol–water partition coefficient (Wildman–Crippen LogP) is 2.80. The van der Waals surface area contributed by atoms with Gasteiger partial charge in [0.15, 0.2) is 11.7 Å². The molecule has 8 nitrogen and oxygen atoms in total. The molecule has 9 heteroatoms. The highest BCUT2D eigenvalue weighted by Gasteiger charge is 2.14. The lowest BCUT2D eigenvalue weighted by Gasteiger charge is -2.12. The Morgan fingerprint density at radius 3 is 2.54 bits per heavy atom. The van der Waals surface area contributed by atoms with Gasteiger partial charge >= 0.3 is 0 Å². The number of aromatic nitrogens is 1. The van der Waals surface area contributed by atoms with E-state index in [1.165, 1.54) is 6.26 Å². The van der Waals surface area contributed by atoms with Crippen LogP contribution in [0.1, 0.15) is 53.4 Å². The molecule has 2 aromatic rings. The first-order chi connectivity index (χ1) is 13.1. The fraction of sp³-hybridized carbons (Fsp3) is 0.526. The molecule has 2 aromatic heterocycles. The van der Waals surface area contributed by atoms with E-state index in [4.69, 9.17) is 8.94 Å². The molecule has 0 radical (unpaired) electrons. The highest BCUT2D eigenvalue weighted by atomic mass is 127. The molecule has 2 heterocycles. The Morgan fingerprint density at radius 1 is 1.18 bits per heavy atom. The maximum Gasteiger partial charge on any atom is 0.287 e. The topological polar surface area (TPSA) is 105 Å². The summed E-state index contributed by atoms with van der Waals surface area (Å²) in [6.45, 7) is 7.81. The fourth-order valence-electron chi connectivity index (χ4n) is 2.71. The summed E-state index contributed by atoms with van der Waals surface area (Å²) in [5.41, 5.74) is 2.91. The van der Waals surface area contributed by atoms with Gasteiger partial charge in [-0.15, -0.1) is 24.0 Å². The van der Waals surface area contributed by atoms with E-state index in [2.05, 4.69) is 39.9 Å². The van der Waals surface area contributed by atoms with Gasteiger partial charge in [0.2, 0.25) is 0 Å². The third-order valence-electron chi connectivity index (χ3n) is 4.26. The van der Waals surface area contributed by atoms with Crippen molar-refractivity contribution in [2.24, 2.45) is 4.99 Å². The zero-order valence-corrected chi connectivity index (χ0v) is 19.3. The molecule has 0 unspecified atom stereocenters. The maximum absolute atomic E-state index is 12.0. The lowest BCUT2D eigenvalue weighted by atomic mass is 10.1. The molecule has 0 saturated heterocycles. The van der Waals surface area contributed by atoms with Crippen molar-refractivity contribution in [2.45, 2.75) is 46.6 Å². The van der Waals surface area contributed by atoms with Crippen molar-refractivity contribution in [3.05, 3.63) is 40.7 Å². The molecule has 2 rings (SSSR count). The minimum absolute atomic E-state index is 0. The largest absolute Gasteiger partial charge is 0.459 e. The van der Waals surface area contributed by atoms with Gasteiger partial charge in [0.05, 0.1) is 12.0 Å². The summed E-state index contributed by atoms with van der Waals surface area (Å²) in [6, 6.07) is 1.77. The van der Waals surface area contributed by atoms with Gasteiger partial charge in [-0.1, -0.05) is 19.0 Å². The van der Waals surface area contributed by atoms with Crippen molar-refractivity contribution < 1.29 is 13.7 Å². The lowest BCUT2D eigenvalue weighted by Crippen LogP contribution is -2.38. The van der Waals surface area contributed by atoms with Gasteiger partial charge in [-0.2, -0.15) is 0 Å². The Hall–Kier alpha value is -2.04. The Balaban J connectivity index is 0.00000392. The summed E-state index contributed by atoms with van der Waals surface area (Å²) >= 11 is 0. The summed E-state index contributed by atoms with van der Waals surface area (Å²) in [5.74, 6) is 1.79. The molecule has 0 atom stereocenters. The molecule has 3 N–H and O–H groups in total. The molecule has 0 spiro atoms. The minimum Gasteiger partial charge on any atom is -0.459 e. The number of hydrogen-bond donors (Lipinski definition) is 3. The SMILES string of the molecule is CCc1noc(CC)c1CNC(=NC)NCCCNC(=O)c1occc1C.I. The monoisotopic (exact) mass is 503 g/mol. The van der Waals surface area contributed by atoms with E-state index >= 15 is 0 Å². The normalized spacial score (nSPS) is 11.1. The van der Waals surface area contributed by atoms with Crippen LogP contribution in [0, 0.1) is 6.92 Å². The van der Waals surface area contributed by atoms with Gasteiger partial charge in [-0.05, 0) is 25.8 Å². The zero-order valence-electron chi connectivity index (χ0n) is 16.9. The number of carbonyl (C=O) groups excluding carboxylic acids is 1. The van der Waals surface area contributed by atoms with Gasteiger partial charge in [-0.3, -0.25) is 9.79 Å². The summed E-state index contributed by atoms with van der Waals surface area (Å²) in [5, 5.41) is 13.5. The van der Waals surface area contributed by atoms with E-state index in [0.717, 1.165) is 41.8 Å². The molecule has 0 aliphatic carbocycles. The fourth-order valence-corrected chi connectivity index (χ4v) is 2.71. The number of aliphatic imine (C=N–C) groups is 1. The highest BCUT2D eigenvalue weighted by molar-refractivity contribution is 14.0. The summed E-state index contributed by atoms with van der Waals surface area (Å²) in [4.78, 5) is 16.2. The van der Waals surface area contributed by atoms with E-state index in [-0.39, 0.29) is 29.9 Å². The molecule has 0 aliphatic heterocycles. The molecule has 0 bridgehead atoms. The molecule has 0 aliphatic rings. The van der Waals surface area contributed by atoms with Gasteiger partial charge in [-0.25, -0.2) is 0 Å². The molecular formula is C19H30IN5O3. The molecule has 0 aromatic carbocycles. The predicted molar refractivity (Wildman–Crippen MR) is 119 cm³/mol. The standard InChI is InChI=1S/C19H29N5O3.HI/c1-5-15-14(16(6-2)27-24-15)12-23-19(20-4)22-10-7-9-21-18(25)17-13(3)8-11-26-17;/h8,11H,5-7,9-10,12H2,1-4H3,(H,21,25)(H2,20,22,23);1H. The molecular weight excluding hydrogens is 473 g/mol. The van der Waals surface area contributed by atoms with Gasteiger partial charge in [0.25, 0.3) is 5.91 Å². The third kappa shape index (κ3) is 6.54. The van der Waals surface area contributed by atoms with Crippen LogP contribution in [0.5, 0.6) is 0 Å². The summed E-state index contributed by atoms with van der Waals surface area (Å²) in [6.07, 6.45) is 3.93. The number of amides is 1. The van der Waals surface area contributed by atoms with Crippen molar-refractivity contribution in [2.75, 3.05) is 20.1 Å². The number of furan rings is 1. The van der Waals surface area contributed by atoms with Gasteiger partial charge in [0.1, 0.15) is 5.76 Å². The van der Waals surface area contributed by atoms with Crippen LogP contribution in [-0.4, -0.2) is 37.2 Å². The lowest BCUT2D eigenvalue weighted by molar-refractivity contribution is 0.0925. The van der Waals surface area contributed by atoms with Crippen LogP contribution in [0.2, 0.25) is 0 Å². The quantitative estimate of drug-likeness (QED) is 0.211. The Morgan fingerprint density at radius 2 is 1.93 bits per heavy atom. The second kappa shape index (κ2) is 12.4. The molecule has 156 valence electrons. The first-order valence-electron chi connectivity index (χ1n) is 9.33. The number of guanidine groups is 1. The minimum atomic E-state index is -0.188. The Kier molecular flexibility index (Phi) is 10.6. The Labute approximate surface area is 182 Å². The number of nitrogens with one attached hydrogen (secondary N) is 3. The van der Waals surface area contributed by atoms with Crippen LogP contribution in [0.25, 0.3) is 0 Å². The number of halogens is 1. The van der Waals surface area contributed by atoms with Crippen LogP contribution in [0.4, 0.5) is 0 Å². The van der Waals surface area contributed by atoms with Gasteiger partial charge in [0, 0.05) is 44.2 Å². The number of carbonyl (C=O) groups is 1. The molecule has 0 fully saturated rings. The van der Waals surface area contributed by atoms with Crippen molar-refractivity contribution in [1.82, 2.24) is 21.1 Å². The number of rotatable bonds is 9. The molecule has 28 heavy (non-hydrogen) atoms. The average molecular weight is 503 g/mol.